The summed E-state index contributed by atoms with van der Waals surface area (Å²) < 4.78 is 40.5. The Bertz CT molecular complexity index is 218. The summed E-state index contributed by atoms with van der Waals surface area (Å²) in [5, 5.41) is 3.33. The van der Waals surface area contributed by atoms with Crippen LogP contribution < -0.4 is 5.32 Å². The predicted octanol–water partition coefficient (Wildman–Crippen LogP) is 2.03. The molecule has 1 atom stereocenters. The van der Waals surface area contributed by atoms with Crippen LogP contribution in [0.15, 0.2) is 0 Å². The topological polar surface area (TPSA) is 24.5 Å². The Balaban J connectivity index is 2.24. The van der Waals surface area contributed by atoms with Gasteiger partial charge in [0, 0.05) is 19.1 Å². The summed E-state index contributed by atoms with van der Waals surface area (Å²) in [6.07, 6.45) is -0.960. The number of hydrogen-bond acceptors (Lipinski definition) is 3. The third kappa shape index (κ3) is 6.56. The lowest BCUT2D eigenvalue weighted by atomic mass is 10.1. The maximum Gasteiger partial charge on any atom is 0.411 e. The van der Waals surface area contributed by atoms with Gasteiger partial charge in [0.2, 0.25) is 0 Å². The van der Waals surface area contributed by atoms with E-state index in [9.17, 15) is 13.2 Å². The molecule has 1 saturated heterocycles. The van der Waals surface area contributed by atoms with Crippen molar-refractivity contribution in [1.29, 1.82) is 0 Å². The van der Waals surface area contributed by atoms with Crippen LogP contribution >= 0.6 is 0 Å². The molecule has 0 amide bonds. The Hall–Kier alpha value is -0.330. The third-order valence-corrected chi connectivity index (χ3v) is 3.09. The van der Waals surface area contributed by atoms with Crippen LogP contribution in [0.4, 0.5) is 13.2 Å². The molecule has 1 heterocycles. The van der Waals surface area contributed by atoms with E-state index >= 15 is 0 Å². The number of nitrogens with one attached hydrogen (secondary N) is 1. The van der Waals surface area contributed by atoms with E-state index in [2.05, 4.69) is 21.9 Å². The SMILES string of the molecule is CCCN(CCOCC(F)(F)F)C1CCCNC1. The first-order chi connectivity index (χ1) is 8.53. The van der Waals surface area contributed by atoms with Crippen molar-refractivity contribution in [3.05, 3.63) is 0 Å². The van der Waals surface area contributed by atoms with Gasteiger partial charge in [-0.25, -0.2) is 0 Å². The van der Waals surface area contributed by atoms with Crippen LogP contribution in [-0.4, -0.2) is 56.5 Å². The van der Waals surface area contributed by atoms with Gasteiger partial charge in [-0.2, -0.15) is 13.2 Å². The van der Waals surface area contributed by atoms with Gasteiger partial charge in [0.1, 0.15) is 6.61 Å². The number of alkyl halides is 3. The molecule has 0 radical (unpaired) electrons. The fourth-order valence-corrected chi connectivity index (χ4v) is 2.28. The largest absolute Gasteiger partial charge is 0.411 e. The summed E-state index contributed by atoms with van der Waals surface area (Å²) in [5.41, 5.74) is 0. The third-order valence-electron chi connectivity index (χ3n) is 3.09. The van der Waals surface area contributed by atoms with Crippen molar-refractivity contribution in [3.63, 3.8) is 0 Å². The van der Waals surface area contributed by atoms with Crippen LogP contribution in [0, 0.1) is 0 Å². The molecule has 0 aromatic heterocycles. The predicted molar refractivity (Wildman–Crippen MR) is 64.6 cm³/mol. The molecule has 0 saturated carbocycles. The van der Waals surface area contributed by atoms with Crippen molar-refractivity contribution in [2.24, 2.45) is 0 Å². The standard InChI is InChI=1S/C12H23F3N2O/c1-2-6-17(11-4-3-5-16-9-11)7-8-18-10-12(13,14)15/h11,16H,2-10H2,1H3. The minimum atomic E-state index is -4.22. The highest BCUT2D eigenvalue weighted by molar-refractivity contribution is 4.78. The molecule has 0 spiro atoms. The maximum absolute atomic E-state index is 11.9. The van der Waals surface area contributed by atoms with Crippen LogP contribution in [0.5, 0.6) is 0 Å². The number of halogens is 3. The lowest BCUT2D eigenvalue weighted by Crippen LogP contribution is -2.47. The van der Waals surface area contributed by atoms with E-state index in [1.54, 1.807) is 0 Å². The molecule has 0 aromatic rings. The molecule has 1 fully saturated rings. The molecule has 0 aliphatic carbocycles. The highest BCUT2D eigenvalue weighted by Gasteiger charge is 2.27. The second-order valence-corrected chi connectivity index (χ2v) is 4.70. The summed E-state index contributed by atoms with van der Waals surface area (Å²) in [4.78, 5) is 2.24. The van der Waals surface area contributed by atoms with E-state index in [0.29, 0.717) is 12.6 Å². The van der Waals surface area contributed by atoms with Crippen molar-refractivity contribution >= 4 is 0 Å². The number of nitrogens with zero attached hydrogens (tertiary/aromatic N) is 1. The fraction of sp³-hybridized carbons (Fsp3) is 1.00. The van der Waals surface area contributed by atoms with Crippen LogP contribution in [0.2, 0.25) is 0 Å². The second kappa shape index (κ2) is 7.96. The van der Waals surface area contributed by atoms with Crippen LogP contribution in [0.25, 0.3) is 0 Å². The first-order valence-corrected chi connectivity index (χ1v) is 6.62. The molecule has 0 bridgehead atoms. The molecule has 1 N–H and O–H groups in total. The van der Waals surface area contributed by atoms with Crippen molar-refractivity contribution < 1.29 is 17.9 Å². The first kappa shape index (κ1) is 15.7. The molecule has 0 aromatic carbocycles. The van der Waals surface area contributed by atoms with Crippen molar-refractivity contribution in [2.45, 2.75) is 38.4 Å². The van der Waals surface area contributed by atoms with Gasteiger partial charge in [0.25, 0.3) is 0 Å². The Morgan fingerprint density at radius 2 is 2.11 bits per heavy atom. The van der Waals surface area contributed by atoms with E-state index in [1.807, 2.05) is 0 Å². The Morgan fingerprint density at radius 3 is 2.67 bits per heavy atom. The van der Waals surface area contributed by atoms with Gasteiger partial charge in [-0.15, -0.1) is 0 Å². The molecule has 6 heteroatoms. The Labute approximate surface area is 107 Å². The monoisotopic (exact) mass is 268 g/mol. The molecule has 1 aliphatic rings. The van der Waals surface area contributed by atoms with E-state index in [1.165, 1.54) is 0 Å². The van der Waals surface area contributed by atoms with Gasteiger partial charge >= 0.3 is 6.18 Å². The van der Waals surface area contributed by atoms with E-state index in [-0.39, 0.29) is 6.61 Å². The number of piperidine rings is 1. The van der Waals surface area contributed by atoms with Gasteiger partial charge in [-0.1, -0.05) is 6.92 Å². The number of rotatable bonds is 7. The molecular weight excluding hydrogens is 245 g/mol. The van der Waals surface area contributed by atoms with E-state index < -0.39 is 12.8 Å². The summed E-state index contributed by atoms with van der Waals surface area (Å²) >= 11 is 0. The maximum atomic E-state index is 11.9. The van der Waals surface area contributed by atoms with E-state index in [0.717, 1.165) is 38.9 Å². The zero-order chi connectivity index (χ0) is 13.4. The summed E-state index contributed by atoms with van der Waals surface area (Å²) in [6.45, 7) is 4.56. The van der Waals surface area contributed by atoms with Crippen molar-refractivity contribution in [3.8, 4) is 0 Å². The molecule has 1 aliphatic heterocycles. The fourth-order valence-electron chi connectivity index (χ4n) is 2.28. The molecule has 18 heavy (non-hydrogen) atoms. The van der Waals surface area contributed by atoms with Gasteiger partial charge in [-0.3, -0.25) is 4.90 Å². The molecule has 3 nitrogen and oxygen atoms in total. The van der Waals surface area contributed by atoms with Crippen LogP contribution in [0.1, 0.15) is 26.2 Å². The molecular formula is C12H23F3N2O. The van der Waals surface area contributed by atoms with Crippen LogP contribution in [0.3, 0.4) is 0 Å². The zero-order valence-electron chi connectivity index (χ0n) is 10.9. The lowest BCUT2D eigenvalue weighted by Gasteiger charge is -2.34. The summed E-state index contributed by atoms with van der Waals surface area (Å²) in [5.74, 6) is 0. The minimum absolute atomic E-state index is 0.149. The smallest absolute Gasteiger partial charge is 0.371 e. The van der Waals surface area contributed by atoms with Crippen molar-refractivity contribution in [1.82, 2.24) is 10.2 Å². The number of ether oxygens (including phenoxy) is 1. The van der Waals surface area contributed by atoms with E-state index in [4.69, 9.17) is 0 Å². The molecule has 108 valence electrons. The second-order valence-electron chi connectivity index (χ2n) is 4.70. The highest BCUT2D eigenvalue weighted by Crippen LogP contribution is 2.15. The minimum Gasteiger partial charge on any atom is -0.371 e. The average molecular weight is 268 g/mol. The lowest BCUT2D eigenvalue weighted by molar-refractivity contribution is -0.174. The molecule has 1 unspecified atom stereocenters. The first-order valence-electron chi connectivity index (χ1n) is 6.62. The Kier molecular flexibility index (Phi) is 6.96. The average Bonchev–Trinajstić information content (AvgIpc) is 2.33. The quantitative estimate of drug-likeness (QED) is 0.715. The number of hydrogen-bond donors (Lipinski definition) is 1. The zero-order valence-corrected chi connectivity index (χ0v) is 10.9. The summed E-state index contributed by atoms with van der Waals surface area (Å²) in [7, 11) is 0. The van der Waals surface area contributed by atoms with Crippen LogP contribution in [-0.2, 0) is 4.74 Å². The molecule has 1 rings (SSSR count). The van der Waals surface area contributed by atoms with Gasteiger partial charge in [0.05, 0.1) is 6.61 Å². The van der Waals surface area contributed by atoms with Gasteiger partial charge in [-0.05, 0) is 32.4 Å². The summed E-state index contributed by atoms with van der Waals surface area (Å²) in [6, 6.07) is 0.438. The van der Waals surface area contributed by atoms with Gasteiger partial charge in [0.15, 0.2) is 0 Å². The highest BCUT2D eigenvalue weighted by atomic mass is 19.4. The normalized spacial score (nSPS) is 21.5. The Morgan fingerprint density at radius 1 is 1.33 bits per heavy atom. The van der Waals surface area contributed by atoms with Crippen molar-refractivity contribution in [2.75, 3.05) is 39.4 Å². The van der Waals surface area contributed by atoms with Gasteiger partial charge < -0.3 is 10.1 Å².